The number of hydrazine groups is 1. The average Bonchev–Trinajstić information content (AvgIpc) is 3.30. The van der Waals surface area contributed by atoms with Gasteiger partial charge in [0.1, 0.15) is 11.4 Å². The number of nitrogens with zero attached hydrogens (tertiary/aromatic N) is 1. The third kappa shape index (κ3) is 4.62. The number of fused-ring (bicyclic) bond motifs is 5. The van der Waals surface area contributed by atoms with Gasteiger partial charge in [-0.1, -0.05) is 50.6 Å². The van der Waals surface area contributed by atoms with Crippen molar-refractivity contribution in [2.45, 2.75) is 116 Å². The summed E-state index contributed by atoms with van der Waals surface area (Å²) in [6.45, 7) is 9.53. The summed E-state index contributed by atoms with van der Waals surface area (Å²) in [6.07, 6.45) is 12.3. The zero-order chi connectivity index (χ0) is 28.4. The van der Waals surface area contributed by atoms with Crippen LogP contribution in [0.1, 0.15) is 109 Å². The van der Waals surface area contributed by atoms with Gasteiger partial charge in [0.25, 0.3) is 5.91 Å². The van der Waals surface area contributed by atoms with E-state index in [-0.39, 0.29) is 24.0 Å². The number of carbonyl (C=O) groups excluding carboxylic acids is 2. The minimum Gasteiger partial charge on any atom is -0.393 e. The summed E-state index contributed by atoms with van der Waals surface area (Å²) in [7, 11) is 0. The zero-order valence-corrected chi connectivity index (χ0v) is 25.6. The van der Waals surface area contributed by atoms with Gasteiger partial charge >= 0.3 is 0 Å². The Morgan fingerprint density at radius 2 is 1.75 bits per heavy atom. The lowest BCUT2D eigenvalue weighted by Gasteiger charge is -2.61. The molecule has 2 amide bonds. The minimum absolute atomic E-state index is 0.0820. The SMILES string of the molecule is Cc1ccc([C@@H]2[C@@H](Cl)C(=O)N2NC(=O)CC[C@@H](C)[C@H]2CC[C@H]3[C@@H]4CC[C@H]5C[C@H](O)CC[C@]5(C)[C@H]4CC[C@]23C)cc1. The Morgan fingerprint density at radius 3 is 2.50 bits per heavy atom. The van der Waals surface area contributed by atoms with Crippen LogP contribution in [0.4, 0.5) is 0 Å². The Labute approximate surface area is 245 Å². The molecule has 11 atom stereocenters. The molecule has 0 bridgehead atoms. The molecule has 5 nitrogen and oxygen atoms in total. The largest absolute Gasteiger partial charge is 0.393 e. The summed E-state index contributed by atoms with van der Waals surface area (Å²) in [5.41, 5.74) is 5.77. The minimum atomic E-state index is -0.636. The van der Waals surface area contributed by atoms with Crippen molar-refractivity contribution < 1.29 is 14.7 Å². The second-order valence-electron chi connectivity index (χ2n) is 14.8. The maximum absolute atomic E-state index is 13.0. The van der Waals surface area contributed by atoms with Gasteiger partial charge in [-0.15, -0.1) is 11.6 Å². The van der Waals surface area contributed by atoms with Crippen LogP contribution in [-0.2, 0) is 9.59 Å². The first-order chi connectivity index (χ1) is 19.0. The monoisotopic (exact) mass is 568 g/mol. The predicted octanol–water partition coefficient (Wildman–Crippen LogP) is 6.95. The van der Waals surface area contributed by atoms with E-state index in [2.05, 4.69) is 26.2 Å². The number of halogens is 1. The normalized spacial score (nSPS) is 43.2. The van der Waals surface area contributed by atoms with Crippen LogP contribution in [-0.4, -0.2) is 33.4 Å². The van der Waals surface area contributed by atoms with Crippen molar-refractivity contribution >= 4 is 23.4 Å². The van der Waals surface area contributed by atoms with Gasteiger partial charge in [0.2, 0.25) is 5.91 Å². The number of aliphatic hydroxyl groups is 1. The summed E-state index contributed by atoms with van der Waals surface area (Å²) in [6, 6.07) is 7.68. The van der Waals surface area contributed by atoms with E-state index in [0.29, 0.717) is 35.0 Å². The molecule has 4 saturated carbocycles. The standard InChI is InChI=1S/C34H49ClN2O3/c1-20-5-8-22(9-6-20)31-30(35)32(40)37(31)36-29(39)14-7-21(2)26-12-13-27-25-11-10-23-19-24(38)15-17-33(23,3)28(25)16-18-34(26,27)4/h5-6,8-9,21,23-28,30-31,38H,7,10-19H2,1-4H3,(H,36,39)/t21-,23+,24-,25+,26-,27+,28+,30-,31-,33+,34-/m1/s1. The molecule has 1 aromatic carbocycles. The molecule has 6 rings (SSSR count). The number of carbonyl (C=O) groups is 2. The second-order valence-corrected chi connectivity index (χ2v) is 15.3. The third-order valence-corrected chi connectivity index (χ3v) is 13.3. The topological polar surface area (TPSA) is 69.6 Å². The first-order valence-electron chi connectivity index (χ1n) is 16.0. The van der Waals surface area contributed by atoms with Gasteiger partial charge in [-0.25, -0.2) is 5.01 Å². The zero-order valence-electron chi connectivity index (χ0n) is 24.9. The highest BCUT2D eigenvalue weighted by Gasteiger charge is 2.60. The Bertz CT molecular complexity index is 1120. The molecule has 6 heteroatoms. The van der Waals surface area contributed by atoms with Crippen molar-refractivity contribution in [3.8, 4) is 0 Å². The van der Waals surface area contributed by atoms with E-state index in [0.717, 1.165) is 48.1 Å². The van der Waals surface area contributed by atoms with Crippen molar-refractivity contribution in [3.63, 3.8) is 0 Å². The molecule has 220 valence electrons. The van der Waals surface area contributed by atoms with Gasteiger partial charge in [-0.05, 0) is 123 Å². The van der Waals surface area contributed by atoms with Crippen molar-refractivity contribution in [1.29, 1.82) is 0 Å². The maximum Gasteiger partial charge on any atom is 0.262 e. The van der Waals surface area contributed by atoms with Crippen molar-refractivity contribution in [1.82, 2.24) is 10.4 Å². The molecule has 1 heterocycles. The summed E-state index contributed by atoms with van der Waals surface area (Å²) >= 11 is 6.36. The second kappa shape index (κ2) is 10.6. The van der Waals surface area contributed by atoms with Gasteiger partial charge in [-0.2, -0.15) is 0 Å². The van der Waals surface area contributed by atoms with Crippen LogP contribution in [0.3, 0.4) is 0 Å². The highest BCUT2D eigenvalue weighted by atomic mass is 35.5. The summed E-state index contributed by atoms with van der Waals surface area (Å²) in [5.74, 6) is 3.97. The fourth-order valence-electron chi connectivity index (χ4n) is 10.6. The molecule has 5 aliphatic rings. The third-order valence-electron chi connectivity index (χ3n) is 12.9. The van der Waals surface area contributed by atoms with Crippen LogP contribution >= 0.6 is 11.6 Å². The van der Waals surface area contributed by atoms with E-state index in [1.54, 1.807) is 0 Å². The van der Waals surface area contributed by atoms with Gasteiger partial charge in [0, 0.05) is 6.42 Å². The van der Waals surface area contributed by atoms with Crippen molar-refractivity contribution in [2.75, 3.05) is 0 Å². The highest BCUT2D eigenvalue weighted by Crippen LogP contribution is 2.68. The molecule has 1 aliphatic heterocycles. The molecule has 0 radical (unpaired) electrons. The van der Waals surface area contributed by atoms with Crippen LogP contribution < -0.4 is 5.43 Å². The van der Waals surface area contributed by atoms with Crippen molar-refractivity contribution in [2.24, 2.45) is 46.3 Å². The first-order valence-corrected chi connectivity index (χ1v) is 16.5. The van der Waals surface area contributed by atoms with E-state index in [1.807, 2.05) is 31.2 Å². The number of nitrogens with one attached hydrogen (secondary N) is 1. The Kier molecular flexibility index (Phi) is 7.56. The van der Waals surface area contributed by atoms with Gasteiger partial charge in [0.05, 0.1) is 6.10 Å². The van der Waals surface area contributed by atoms with Gasteiger partial charge in [0.15, 0.2) is 0 Å². The summed E-state index contributed by atoms with van der Waals surface area (Å²) in [5, 5.41) is 11.1. The summed E-state index contributed by atoms with van der Waals surface area (Å²) < 4.78 is 0. The summed E-state index contributed by atoms with van der Waals surface area (Å²) in [4.78, 5) is 25.5. The number of β-lactam (4-membered cyclic amide) rings is 1. The molecule has 0 unspecified atom stereocenters. The molecule has 0 aromatic heterocycles. The number of amides is 2. The molecule has 0 spiro atoms. The smallest absolute Gasteiger partial charge is 0.262 e. The van der Waals surface area contributed by atoms with Gasteiger partial charge in [-0.3, -0.25) is 15.0 Å². The van der Waals surface area contributed by atoms with Crippen LogP contribution in [0.5, 0.6) is 0 Å². The molecule has 1 saturated heterocycles. The molecule has 5 fully saturated rings. The van der Waals surface area contributed by atoms with Crippen LogP contribution in [0, 0.1) is 53.3 Å². The number of benzene rings is 1. The fraction of sp³-hybridized carbons (Fsp3) is 0.765. The Hall–Kier alpha value is -1.59. The van der Waals surface area contributed by atoms with E-state index < -0.39 is 5.38 Å². The lowest BCUT2D eigenvalue weighted by atomic mass is 9.44. The number of aryl methyl sites for hydroxylation is 1. The van der Waals surface area contributed by atoms with E-state index >= 15 is 0 Å². The van der Waals surface area contributed by atoms with E-state index in [4.69, 9.17) is 11.6 Å². The molecule has 40 heavy (non-hydrogen) atoms. The van der Waals surface area contributed by atoms with E-state index in [9.17, 15) is 14.7 Å². The predicted molar refractivity (Wildman–Crippen MR) is 158 cm³/mol. The highest BCUT2D eigenvalue weighted by molar-refractivity contribution is 6.33. The first kappa shape index (κ1) is 28.5. The molecular weight excluding hydrogens is 520 g/mol. The lowest BCUT2D eigenvalue weighted by Crippen LogP contribution is -2.63. The average molecular weight is 569 g/mol. The van der Waals surface area contributed by atoms with Gasteiger partial charge < -0.3 is 5.11 Å². The number of aliphatic hydroxyl groups excluding tert-OH is 1. The fourth-order valence-corrected chi connectivity index (χ4v) is 11.0. The van der Waals surface area contributed by atoms with E-state index in [1.165, 1.54) is 50.0 Å². The molecule has 4 aliphatic carbocycles. The quantitative estimate of drug-likeness (QED) is 0.288. The number of hydrogen-bond donors (Lipinski definition) is 2. The van der Waals surface area contributed by atoms with Crippen LogP contribution in [0.15, 0.2) is 24.3 Å². The van der Waals surface area contributed by atoms with Crippen LogP contribution in [0.2, 0.25) is 0 Å². The number of rotatable bonds is 6. The molecule has 1 aromatic rings. The Morgan fingerprint density at radius 1 is 1.05 bits per heavy atom. The van der Waals surface area contributed by atoms with Crippen LogP contribution in [0.25, 0.3) is 0 Å². The van der Waals surface area contributed by atoms with Crippen molar-refractivity contribution in [3.05, 3.63) is 35.4 Å². The Balaban J connectivity index is 1.06. The maximum atomic E-state index is 13.0. The lowest BCUT2D eigenvalue weighted by molar-refractivity contribution is -0.156. The number of hydrogen-bond acceptors (Lipinski definition) is 3. The molecular formula is C34H49ClN2O3. The molecule has 2 N–H and O–H groups in total. The number of alkyl halides is 1.